The zero-order valence-corrected chi connectivity index (χ0v) is 16.2. The summed E-state index contributed by atoms with van der Waals surface area (Å²) < 4.78 is 11.0. The second kappa shape index (κ2) is 9.26. The van der Waals surface area contributed by atoms with Crippen molar-refractivity contribution in [2.45, 2.75) is 40.0 Å². The van der Waals surface area contributed by atoms with E-state index in [-0.39, 0.29) is 18.4 Å². The third-order valence-corrected chi connectivity index (χ3v) is 4.33. The van der Waals surface area contributed by atoms with Gasteiger partial charge in [0.25, 0.3) is 5.91 Å². The smallest absolute Gasteiger partial charge is 0.308 e. The van der Waals surface area contributed by atoms with Crippen molar-refractivity contribution < 1.29 is 23.8 Å². The highest BCUT2D eigenvalue weighted by Crippen LogP contribution is 2.22. The number of carboxylic acid groups (broad SMARTS) is 1. The molecule has 27 heavy (non-hydrogen) atoms. The molecule has 0 aliphatic rings. The molecule has 6 nitrogen and oxygen atoms in total. The van der Waals surface area contributed by atoms with Crippen molar-refractivity contribution in [2.75, 3.05) is 13.2 Å². The molecule has 146 valence electrons. The van der Waals surface area contributed by atoms with Gasteiger partial charge in [-0.1, -0.05) is 26.0 Å². The zero-order valence-electron chi connectivity index (χ0n) is 16.2. The van der Waals surface area contributed by atoms with Crippen molar-refractivity contribution >= 4 is 11.9 Å². The number of carbonyl (C=O) groups excluding carboxylic acids is 1. The summed E-state index contributed by atoms with van der Waals surface area (Å²) in [5.74, 6) is 0.214. The van der Waals surface area contributed by atoms with Gasteiger partial charge in [0.1, 0.15) is 17.3 Å². The van der Waals surface area contributed by atoms with Crippen LogP contribution in [0.2, 0.25) is 0 Å². The van der Waals surface area contributed by atoms with Crippen LogP contribution in [0.15, 0.2) is 34.7 Å². The molecule has 0 radical (unpaired) electrons. The predicted molar refractivity (Wildman–Crippen MR) is 102 cm³/mol. The van der Waals surface area contributed by atoms with Crippen LogP contribution >= 0.6 is 0 Å². The normalized spacial score (nSPS) is 12.0. The standard InChI is InChI=1S/C21H27NO5/c1-5-26-17-8-6-15(7-9-17)10-16(21(24)25)12-22-20(23)18-11-19(13(2)3)27-14(18)4/h6-9,11,13,16H,5,10,12H2,1-4H3,(H,22,23)(H,24,25). The molecule has 2 N–H and O–H groups in total. The van der Waals surface area contributed by atoms with Crippen LogP contribution in [0.4, 0.5) is 0 Å². The molecule has 0 aliphatic heterocycles. The maximum atomic E-state index is 12.4. The maximum absolute atomic E-state index is 12.4. The molecule has 0 saturated carbocycles. The molecule has 1 heterocycles. The summed E-state index contributed by atoms with van der Waals surface area (Å²) in [5.41, 5.74) is 1.32. The van der Waals surface area contributed by atoms with Crippen LogP contribution < -0.4 is 10.1 Å². The van der Waals surface area contributed by atoms with Crippen molar-refractivity contribution in [3.63, 3.8) is 0 Å². The van der Waals surface area contributed by atoms with Gasteiger partial charge in [0, 0.05) is 12.5 Å². The number of carbonyl (C=O) groups is 2. The Morgan fingerprint density at radius 2 is 1.89 bits per heavy atom. The molecule has 0 spiro atoms. The summed E-state index contributed by atoms with van der Waals surface area (Å²) in [6.45, 7) is 8.23. The number of nitrogens with one attached hydrogen (secondary N) is 1. The number of amides is 1. The lowest BCUT2D eigenvalue weighted by atomic mass is 9.99. The van der Waals surface area contributed by atoms with E-state index < -0.39 is 11.9 Å². The summed E-state index contributed by atoms with van der Waals surface area (Å²) in [4.78, 5) is 24.0. The first kappa shape index (κ1) is 20.6. The number of hydrogen-bond acceptors (Lipinski definition) is 4. The number of aryl methyl sites for hydroxylation is 1. The van der Waals surface area contributed by atoms with E-state index in [1.165, 1.54) is 0 Å². The molecule has 2 aromatic rings. The lowest BCUT2D eigenvalue weighted by Crippen LogP contribution is -2.34. The maximum Gasteiger partial charge on any atom is 0.308 e. The van der Waals surface area contributed by atoms with E-state index in [9.17, 15) is 14.7 Å². The molecule has 0 aliphatic carbocycles. The van der Waals surface area contributed by atoms with Crippen molar-refractivity contribution in [3.05, 3.63) is 53.0 Å². The molecule has 0 saturated heterocycles. The van der Waals surface area contributed by atoms with Gasteiger partial charge >= 0.3 is 5.97 Å². The van der Waals surface area contributed by atoms with Gasteiger partial charge < -0.3 is 19.6 Å². The molecule has 1 aromatic heterocycles. The Kier molecular flexibility index (Phi) is 7.05. The van der Waals surface area contributed by atoms with Crippen molar-refractivity contribution in [3.8, 4) is 5.75 Å². The molecule has 6 heteroatoms. The number of aliphatic carboxylic acids is 1. The van der Waals surface area contributed by atoms with Gasteiger partial charge in [-0.2, -0.15) is 0 Å². The van der Waals surface area contributed by atoms with E-state index in [0.717, 1.165) is 17.1 Å². The van der Waals surface area contributed by atoms with Gasteiger partial charge in [-0.25, -0.2) is 0 Å². The summed E-state index contributed by atoms with van der Waals surface area (Å²) in [6, 6.07) is 9.05. The minimum Gasteiger partial charge on any atom is -0.494 e. The number of hydrogen-bond donors (Lipinski definition) is 2. The van der Waals surface area contributed by atoms with Crippen LogP contribution in [-0.4, -0.2) is 30.1 Å². The molecule has 2 rings (SSSR count). The highest BCUT2D eigenvalue weighted by Gasteiger charge is 2.21. The van der Waals surface area contributed by atoms with Gasteiger partial charge in [0.05, 0.1) is 18.1 Å². The number of ether oxygens (including phenoxy) is 1. The Balaban J connectivity index is 1.99. The fourth-order valence-electron chi connectivity index (χ4n) is 2.75. The van der Waals surface area contributed by atoms with Gasteiger partial charge in [-0.15, -0.1) is 0 Å². The second-order valence-electron chi connectivity index (χ2n) is 6.80. The number of furan rings is 1. The lowest BCUT2D eigenvalue weighted by molar-refractivity contribution is -0.141. The van der Waals surface area contributed by atoms with E-state index in [1.807, 2.05) is 45.0 Å². The first-order chi connectivity index (χ1) is 12.8. The fraction of sp³-hybridized carbons (Fsp3) is 0.429. The number of benzene rings is 1. The van der Waals surface area contributed by atoms with Crippen LogP contribution in [0.1, 0.15) is 54.1 Å². The van der Waals surface area contributed by atoms with Crippen LogP contribution in [0.5, 0.6) is 5.75 Å². The van der Waals surface area contributed by atoms with Crippen molar-refractivity contribution in [1.82, 2.24) is 5.32 Å². The highest BCUT2D eigenvalue weighted by molar-refractivity contribution is 5.95. The van der Waals surface area contributed by atoms with Crippen LogP contribution in [0.3, 0.4) is 0 Å². The lowest BCUT2D eigenvalue weighted by Gasteiger charge is -2.14. The Labute approximate surface area is 159 Å². The van der Waals surface area contributed by atoms with Gasteiger partial charge in [-0.3, -0.25) is 9.59 Å². The molecule has 0 bridgehead atoms. The Morgan fingerprint density at radius 1 is 1.22 bits per heavy atom. The molecule has 1 aromatic carbocycles. The van der Waals surface area contributed by atoms with Crippen LogP contribution in [0, 0.1) is 12.8 Å². The predicted octanol–water partition coefficient (Wildman–Crippen LogP) is 3.78. The first-order valence-corrected chi connectivity index (χ1v) is 9.14. The molecule has 0 fully saturated rings. The minimum absolute atomic E-state index is 0.0447. The summed E-state index contributed by atoms with van der Waals surface area (Å²) in [5, 5.41) is 12.2. The second-order valence-corrected chi connectivity index (χ2v) is 6.80. The molecule has 1 atom stereocenters. The molecule has 1 amide bonds. The minimum atomic E-state index is -0.948. The Hall–Kier alpha value is -2.76. The molecule has 1 unspecified atom stereocenters. The topological polar surface area (TPSA) is 88.8 Å². The zero-order chi connectivity index (χ0) is 20.0. The van der Waals surface area contributed by atoms with Crippen LogP contribution in [-0.2, 0) is 11.2 Å². The molecular formula is C21H27NO5. The number of rotatable bonds is 9. The third-order valence-electron chi connectivity index (χ3n) is 4.33. The third kappa shape index (κ3) is 5.61. The number of carboxylic acids is 1. The fourth-order valence-corrected chi connectivity index (χ4v) is 2.75. The first-order valence-electron chi connectivity index (χ1n) is 9.14. The average molecular weight is 373 g/mol. The van der Waals surface area contributed by atoms with Gasteiger partial charge in [-0.05, 0) is 44.0 Å². The van der Waals surface area contributed by atoms with E-state index in [1.54, 1.807) is 13.0 Å². The monoisotopic (exact) mass is 373 g/mol. The van der Waals surface area contributed by atoms with Gasteiger partial charge in [0.15, 0.2) is 0 Å². The van der Waals surface area contributed by atoms with E-state index >= 15 is 0 Å². The quantitative estimate of drug-likeness (QED) is 0.698. The summed E-state index contributed by atoms with van der Waals surface area (Å²) >= 11 is 0. The van der Waals surface area contributed by atoms with E-state index in [4.69, 9.17) is 9.15 Å². The largest absolute Gasteiger partial charge is 0.494 e. The summed E-state index contributed by atoms with van der Waals surface area (Å²) in [7, 11) is 0. The summed E-state index contributed by atoms with van der Waals surface area (Å²) in [6.07, 6.45) is 0.323. The van der Waals surface area contributed by atoms with E-state index in [2.05, 4.69) is 5.32 Å². The Bertz CT molecular complexity index is 776. The SMILES string of the molecule is CCOc1ccc(CC(CNC(=O)c2cc(C(C)C)oc2C)C(=O)O)cc1. The molecular weight excluding hydrogens is 346 g/mol. The van der Waals surface area contributed by atoms with E-state index in [0.29, 0.717) is 24.4 Å². The van der Waals surface area contributed by atoms with Crippen molar-refractivity contribution in [1.29, 1.82) is 0 Å². The Morgan fingerprint density at radius 3 is 2.41 bits per heavy atom. The average Bonchev–Trinajstić information content (AvgIpc) is 3.02. The van der Waals surface area contributed by atoms with Crippen molar-refractivity contribution in [2.24, 2.45) is 5.92 Å². The van der Waals surface area contributed by atoms with Gasteiger partial charge in [0.2, 0.25) is 0 Å². The highest BCUT2D eigenvalue weighted by atomic mass is 16.5. The van der Waals surface area contributed by atoms with Crippen LogP contribution in [0.25, 0.3) is 0 Å².